The fourth-order valence-corrected chi connectivity index (χ4v) is 2.08. The third-order valence-corrected chi connectivity index (χ3v) is 3.24. The maximum absolute atomic E-state index is 5.68. The summed E-state index contributed by atoms with van der Waals surface area (Å²) in [5, 5.41) is 1.20. The summed E-state index contributed by atoms with van der Waals surface area (Å²) in [4.78, 5) is 7.82. The number of hydrogen-bond acceptors (Lipinski definition) is 2. The van der Waals surface area contributed by atoms with Crippen molar-refractivity contribution in [2.75, 3.05) is 6.61 Å². The summed E-state index contributed by atoms with van der Waals surface area (Å²) in [7, 11) is 0. The lowest BCUT2D eigenvalue weighted by Crippen LogP contribution is -2.13. The van der Waals surface area contributed by atoms with Gasteiger partial charge in [-0.3, -0.25) is 0 Å². The van der Waals surface area contributed by atoms with Gasteiger partial charge in [0.25, 0.3) is 0 Å². The largest absolute Gasteiger partial charge is 0.475 e. The molecule has 2 heterocycles. The molecule has 0 radical (unpaired) electrons. The summed E-state index contributed by atoms with van der Waals surface area (Å²) in [6, 6.07) is 8.60. The van der Waals surface area contributed by atoms with Gasteiger partial charge in [-0.1, -0.05) is 13.8 Å². The van der Waals surface area contributed by atoms with Crippen LogP contribution in [0.3, 0.4) is 0 Å². The van der Waals surface area contributed by atoms with Crippen LogP contribution in [0, 0.1) is 5.92 Å². The molecule has 0 fully saturated rings. The van der Waals surface area contributed by atoms with E-state index in [0.29, 0.717) is 18.6 Å². The molecule has 3 nitrogen and oxygen atoms in total. The number of aromatic nitrogens is 1. The van der Waals surface area contributed by atoms with Crippen LogP contribution in [-0.2, 0) is 4.74 Å². The highest BCUT2D eigenvalue weighted by Gasteiger charge is 2.22. The molecular formula is C14H16N2O. The molecule has 1 atom stereocenters. The first-order valence-corrected chi connectivity index (χ1v) is 6.02. The third kappa shape index (κ3) is 1.82. The molecule has 0 spiro atoms. The fourth-order valence-electron chi connectivity index (χ4n) is 2.08. The quantitative estimate of drug-likeness (QED) is 0.843. The molecule has 17 heavy (non-hydrogen) atoms. The highest BCUT2D eigenvalue weighted by Crippen LogP contribution is 2.20. The number of H-pyrrole nitrogens is 1. The highest BCUT2D eigenvalue weighted by atomic mass is 16.5. The zero-order chi connectivity index (χ0) is 11.8. The summed E-state index contributed by atoms with van der Waals surface area (Å²) in [6.45, 7) is 5.06. The summed E-state index contributed by atoms with van der Waals surface area (Å²) in [5.74, 6) is 1.32. The normalized spacial score (nSPS) is 19.7. The second-order valence-electron chi connectivity index (χ2n) is 4.84. The van der Waals surface area contributed by atoms with Crippen LogP contribution in [0.5, 0.6) is 0 Å². The van der Waals surface area contributed by atoms with E-state index in [9.17, 15) is 0 Å². The first kappa shape index (κ1) is 10.4. The van der Waals surface area contributed by atoms with Crippen LogP contribution in [-0.4, -0.2) is 23.5 Å². The number of ether oxygens (including phenoxy) is 1. The number of nitrogens with one attached hydrogen (secondary N) is 1. The molecule has 1 aromatic carbocycles. The predicted octanol–water partition coefficient (Wildman–Crippen LogP) is 2.97. The van der Waals surface area contributed by atoms with E-state index in [0.717, 1.165) is 17.0 Å². The van der Waals surface area contributed by atoms with Crippen molar-refractivity contribution >= 4 is 16.8 Å². The van der Waals surface area contributed by atoms with Gasteiger partial charge in [0.05, 0.1) is 6.04 Å². The lowest BCUT2D eigenvalue weighted by Gasteiger charge is -2.06. The maximum atomic E-state index is 5.68. The molecule has 0 aliphatic carbocycles. The van der Waals surface area contributed by atoms with Gasteiger partial charge in [0.15, 0.2) is 0 Å². The van der Waals surface area contributed by atoms with Gasteiger partial charge in [-0.15, -0.1) is 0 Å². The topological polar surface area (TPSA) is 37.4 Å². The molecule has 1 N–H and O–H groups in total. The summed E-state index contributed by atoms with van der Waals surface area (Å²) >= 11 is 0. The van der Waals surface area contributed by atoms with Crippen LogP contribution in [0.1, 0.15) is 19.4 Å². The Labute approximate surface area is 101 Å². The molecule has 0 bridgehead atoms. The Morgan fingerprint density at radius 3 is 3.00 bits per heavy atom. The number of hydrogen-bond donors (Lipinski definition) is 1. The molecule has 0 saturated carbocycles. The molecule has 3 heteroatoms. The Kier molecular flexibility index (Phi) is 2.39. The second-order valence-corrected chi connectivity index (χ2v) is 4.84. The molecule has 88 valence electrons. The van der Waals surface area contributed by atoms with Gasteiger partial charge in [-0.25, -0.2) is 4.99 Å². The molecule has 0 unspecified atom stereocenters. The van der Waals surface area contributed by atoms with Crippen molar-refractivity contribution in [3.05, 3.63) is 36.0 Å². The van der Waals surface area contributed by atoms with Gasteiger partial charge >= 0.3 is 0 Å². The zero-order valence-corrected chi connectivity index (χ0v) is 10.1. The van der Waals surface area contributed by atoms with Crippen molar-refractivity contribution in [3.63, 3.8) is 0 Å². The van der Waals surface area contributed by atoms with Crippen molar-refractivity contribution in [3.8, 4) is 0 Å². The van der Waals surface area contributed by atoms with Crippen LogP contribution in [0.2, 0.25) is 0 Å². The smallest absolute Gasteiger partial charge is 0.216 e. The summed E-state index contributed by atoms with van der Waals surface area (Å²) in [6.07, 6.45) is 1.95. The number of aromatic amines is 1. The second kappa shape index (κ2) is 3.91. The first-order valence-electron chi connectivity index (χ1n) is 6.02. The van der Waals surface area contributed by atoms with E-state index < -0.39 is 0 Å². The Balaban J connectivity index is 1.96. The van der Waals surface area contributed by atoms with Crippen molar-refractivity contribution in [1.82, 2.24) is 4.98 Å². The molecule has 2 aromatic rings. The van der Waals surface area contributed by atoms with E-state index >= 15 is 0 Å². The summed E-state index contributed by atoms with van der Waals surface area (Å²) in [5.41, 5.74) is 2.22. The van der Waals surface area contributed by atoms with E-state index in [1.165, 1.54) is 5.39 Å². The van der Waals surface area contributed by atoms with Crippen LogP contribution >= 0.6 is 0 Å². The van der Waals surface area contributed by atoms with Gasteiger partial charge < -0.3 is 9.72 Å². The van der Waals surface area contributed by atoms with Crippen molar-refractivity contribution < 1.29 is 4.74 Å². The molecule has 1 aliphatic heterocycles. The minimum atomic E-state index is 0.298. The first-order chi connectivity index (χ1) is 8.24. The van der Waals surface area contributed by atoms with Gasteiger partial charge in [-0.2, -0.15) is 0 Å². The van der Waals surface area contributed by atoms with E-state index in [4.69, 9.17) is 4.74 Å². The zero-order valence-electron chi connectivity index (χ0n) is 10.1. The SMILES string of the molecule is CC(C)[C@@H]1COC(c2ccc3[nH]ccc3c2)=N1. The number of rotatable bonds is 2. The van der Waals surface area contributed by atoms with Gasteiger partial charge in [-0.05, 0) is 30.2 Å². The molecule has 1 aromatic heterocycles. The standard InChI is InChI=1S/C14H16N2O/c1-9(2)13-8-17-14(16-13)11-3-4-12-10(7-11)5-6-15-12/h3-7,9,13,15H,8H2,1-2H3/t13-/m0/s1. The number of fused-ring (bicyclic) bond motifs is 1. The Morgan fingerprint density at radius 1 is 1.35 bits per heavy atom. The molecule has 3 rings (SSSR count). The molecular weight excluding hydrogens is 212 g/mol. The minimum Gasteiger partial charge on any atom is -0.475 e. The lowest BCUT2D eigenvalue weighted by molar-refractivity contribution is 0.292. The Morgan fingerprint density at radius 2 is 2.24 bits per heavy atom. The lowest BCUT2D eigenvalue weighted by atomic mass is 10.1. The van der Waals surface area contributed by atoms with Crippen molar-refractivity contribution in [2.24, 2.45) is 10.9 Å². The monoisotopic (exact) mass is 228 g/mol. The Hall–Kier alpha value is -1.77. The average molecular weight is 228 g/mol. The van der Waals surface area contributed by atoms with Crippen LogP contribution in [0.15, 0.2) is 35.5 Å². The molecule has 0 saturated heterocycles. The average Bonchev–Trinajstić information content (AvgIpc) is 2.97. The Bertz CT molecular complexity index is 568. The number of benzene rings is 1. The van der Waals surface area contributed by atoms with E-state index in [2.05, 4.69) is 48.1 Å². The van der Waals surface area contributed by atoms with Gasteiger partial charge in [0.2, 0.25) is 5.90 Å². The fraction of sp³-hybridized carbons (Fsp3) is 0.357. The van der Waals surface area contributed by atoms with Crippen LogP contribution < -0.4 is 0 Å². The number of aliphatic imine (C=N–C) groups is 1. The van der Waals surface area contributed by atoms with Crippen molar-refractivity contribution in [2.45, 2.75) is 19.9 Å². The van der Waals surface area contributed by atoms with Gasteiger partial charge in [0, 0.05) is 22.7 Å². The maximum Gasteiger partial charge on any atom is 0.216 e. The van der Waals surface area contributed by atoms with Crippen LogP contribution in [0.25, 0.3) is 10.9 Å². The number of nitrogens with zero attached hydrogens (tertiary/aromatic N) is 1. The van der Waals surface area contributed by atoms with E-state index in [-0.39, 0.29) is 0 Å². The minimum absolute atomic E-state index is 0.298. The van der Waals surface area contributed by atoms with E-state index in [1.807, 2.05) is 6.20 Å². The predicted molar refractivity (Wildman–Crippen MR) is 69.4 cm³/mol. The molecule has 0 amide bonds. The van der Waals surface area contributed by atoms with E-state index in [1.54, 1.807) is 0 Å². The highest BCUT2D eigenvalue weighted by molar-refractivity contribution is 5.98. The van der Waals surface area contributed by atoms with Crippen LogP contribution in [0.4, 0.5) is 0 Å². The molecule has 1 aliphatic rings. The summed E-state index contributed by atoms with van der Waals surface area (Å²) < 4.78 is 5.68. The van der Waals surface area contributed by atoms with Gasteiger partial charge in [0.1, 0.15) is 6.61 Å². The third-order valence-electron chi connectivity index (χ3n) is 3.24. The van der Waals surface area contributed by atoms with Crippen molar-refractivity contribution in [1.29, 1.82) is 0 Å².